The number of benzene rings is 8. The van der Waals surface area contributed by atoms with Crippen molar-refractivity contribution in [3.8, 4) is 5.82 Å². The number of nitrogens with zero attached hydrogens (tertiary/aromatic N) is 2. The van der Waals surface area contributed by atoms with E-state index < -0.39 is 0 Å². The van der Waals surface area contributed by atoms with E-state index in [2.05, 4.69) is 150 Å². The first kappa shape index (κ1) is 24.5. The highest BCUT2D eigenvalue weighted by Crippen LogP contribution is 2.49. The smallest absolute Gasteiger partial charge is 0.156 e. The first-order valence-electron chi connectivity index (χ1n) is 15.7. The van der Waals surface area contributed by atoms with Crippen molar-refractivity contribution in [2.24, 2.45) is 0 Å². The number of aromatic nitrogens is 2. The van der Waals surface area contributed by atoms with Crippen LogP contribution in [0.4, 0.5) is 0 Å². The zero-order valence-electron chi connectivity index (χ0n) is 24.7. The number of pyridine rings is 1. The molecule has 0 saturated heterocycles. The van der Waals surface area contributed by atoms with Crippen molar-refractivity contribution >= 4 is 107 Å². The Morgan fingerprint density at radius 1 is 0.391 bits per heavy atom. The van der Waals surface area contributed by atoms with E-state index >= 15 is 0 Å². The summed E-state index contributed by atoms with van der Waals surface area (Å²) in [6.45, 7) is 0. The van der Waals surface area contributed by atoms with Crippen LogP contribution in [0.1, 0.15) is 0 Å². The second-order valence-electron chi connectivity index (χ2n) is 12.2. The summed E-state index contributed by atoms with van der Waals surface area (Å²) in [4.78, 5) is 5.51. The maximum absolute atomic E-state index is 5.51. The van der Waals surface area contributed by atoms with E-state index in [9.17, 15) is 0 Å². The van der Waals surface area contributed by atoms with Gasteiger partial charge in [0.15, 0.2) is 5.82 Å². The van der Waals surface area contributed by atoms with Crippen LogP contribution >= 0.6 is 11.3 Å². The monoisotopic (exact) mass is 600 g/mol. The third-order valence-corrected chi connectivity index (χ3v) is 11.1. The molecule has 0 fully saturated rings. The van der Waals surface area contributed by atoms with Gasteiger partial charge in [-0.3, -0.25) is 4.57 Å². The lowest BCUT2D eigenvalue weighted by atomic mass is 9.88. The summed E-state index contributed by atoms with van der Waals surface area (Å²) in [5, 5.41) is 16.6. The summed E-state index contributed by atoms with van der Waals surface area (Å²) < 4.78 is 4.97. The summed E-state index contributed by atoms with van der Waals surface area (Å²) in [5.41, 5.74) is 3.40. The van der Waals surface area contributed by atoms with E-state index in [4.69, 9.17) is 4.98 Å². The number of thiophene rings is 1. The molecule has 8 aromatic carbocycles. The van der Waals surface area contributed by atoms with Crippen molar-refractivity contribution in [1.82, 2.24) is 9.55 Å². The summed E-state index contributed by atoms with van der Waals surface area (Å²) >= 11 is 1.85. The van der Waals surface area contributed by atoms with Crippen LogP contribution in [0.3, 0.4) is 0 Å². The summed E-state index contributed by atoms with van der Waals surface area (Å²) in [6.07, 6.45) is 0. The van der Waals surface area contributed by atoms with Crippen molar-refractivity contribution in [1.29, 1.82) is 0 Å². The molecule has 0 bridgehead atoms. The highest BCUT2D eigenvalue weighted by molar-refractivity contribution is 7.26. The Bertz CT molecular complexity index is 3090. The van der Waals surface area contributed by atoms with Crippen LogP contribution in [0.5, 0.6) is 0 Å². The lowest BCUT2D eigenvalue weighted by Gasteiger charge is -2.16. The van der Waals surface area contributed by atoms with Gasteiger partial charge in [-0.1, -0.05) is 127 Å². The van der Waals surface area contributed by atoms with Gasteiger partial charge in [0.1, 0.15) is 0 Å². The highest BCUT2D eigenvalue weighted by atomic mass is 32.1. The molecule has 0 radical (unpaired) electrons. The predicted octanol–water partition coefficient (Wildman–Crippen LogP) is 12.3. The zero-order chi connectivity index (χ0) is 29.9. The Morgan fingerprint density at radius 3 is 1.65 bits per heavy atom. The molecule has 0 spiro atoms. The van der Waals surface area contributed by atoms with E-state index in [0.717, 1.165) is 11.3 Å². The fourth-order valence-corrected chi connectivity index (χ4v) is 9.32. The molecule has 11 aromatic rings. The van der Waals surface area contributed by atoms with Gasteiger partial charge in [-0.15, -0.1) is 11.3 Å². The zero-order valence-corrected chi connectivity index (χ0v) is 25.5. The molecule has 3 heteroatoms. The topological polar surface area (TPSA) is 17.8 Å². The lowest BCUT2D eigenvalue weighted by Crippen LogP contribution is -1.99. The van der Waals surface area contributed by atoms with Gasteiger partial charge >= 0.3 is 0 Å². The van der Waals surface area contributed by atoms with Crippen LogP contribution in [0.2, 0.25) is 0 Å². The highest BCUT2D eigenvalue weighted by Gasteiger charge is 2.24. The first-order valence-corrected chi connectivity index (χ1v) is 16.6. The van der Waals surface area contributed by atoms with Crippen LogP contribution in [-0.2, 0) is 0 Å². The number of rotatable bonds is 1. The van der Waals surface area contributed by atoms with Crippen molar-refractivity contribution in [3.05, 3.63) is 146 Å². The Kier molecular flexibility index (Phi) is 4.75. The summed E-state index contributed by atoms with van der Waals surface area (Å²) in [5.74, 6) is 0.996. The number of hydrogen-bond donors (Lipinski definition) is 0. The van der Waals surface area contributed by atoms with E-state index in [-0.39, 0.29) is 0 Å². The Hall–Kier alpha value is -5.77. The lowest BCUT2D eigenvalue weighted by molar-refractivity contribution is 1.13. The van der Waals surface area contributed by atoms with Crippen LogP contribution in [0.25, 0.3) is 102 Å². The summed E-state index contributed by atoms with van der Waals surface area (Å²) in [7, 11) is 0. The second-order valence-corrected chi connectivity index (χ2v) is 13.3. The largest absolute Gasteiger partial charge is 0.292 e. The van der Waals surface area contributed by atoms with Gasteiger partial charge in [0.2, 0.25) is 0 Å². The molecular formula is C43H24N2S. The normalized spacial score (nSPS) is 12.3. The average Bonchev–Trinajstić information content (AvgIpc) is 3.68. The number of fused-ring (bicyclic) bond motifs is 18. The third kappa shape index (κ3) is 3.03. The van der Waals surface area contributed by atoms with Gasteiger partial charge in [0.05, 0.1) is 21.3 Å². The SMILES string of the molecule is c1ccc2c(c1)nc(-n1c3ccccc3c3c4c5ccccc5c5ccccc5c4c4ccccc4c31)c1sc3ccccc3c12. The van der Waals surface area contributed by atoms with Crippen molar-refractivity contribution in [3.63, 3.8) is 0 Å². The van der Waals surface area contributed by atoms with Gasteiger partial charge in [0.25, 0.3) is 0 Å². The van der Waals surface area contributed by atoms with E-state index in [1.54, 1.807) is 0 Å². The van der Waals surface area contributed by atoms with Crippen molar-refractivity contribution < 1.29 is 0 Å². The molecule has 0 aliphatic carbocycles. The molecule has 0 saturated carbocycles. The molecule has 212 valence electrons. The summed E-state index contributed by atoms with van der Waals surface area (Å²) in [6, 6.07) is 53.2. The predicted molar refractivity (Wildman–Crippen MR) is 199 cm³/mol. The van der Waals surface area contributed by atoms with Gasteiger partial charge in [-0.25, -0.2) is 4.98 Å². The Morgan fingerprint density at radius 2 is 0.913 bits per heavy atom. The molecule has 0 aliphatic heterocycles. The molecule has 0 atom stereocenters. The van der Waals surface area contributed by atoms with E-state index in [1.807, 2.05) is 11.3 Å². The fourth-order valence-electron chi connectivity index (χ4n) is 8.13. The van der Waals surface area contributed by atoms with E-state index in [1.165, 1.54) is 90.5 Å². The van der Waals surface area contributed by atoms with Crippen molar-refractivity contribution in [2.75, 3.05) is 0 Å². The molecule has 11 rings (SSSR count). The molecule has 0 N–H and O–H groups in total. The molecule has 3 heterocycles. The van der Waals surface area contributed by atoms with Gasteiger partial charge in [-0.05, 0) is 50.5 Å². The average molecular weight is 601 g/mol. The van der Waals surface area contributed by atoms with E-state index in [0.29, 0.717) is 0 Å². The molecule has 2 nitrogen and oxygen atoms in total. The van der Waals surface area contributed by atoms with Gasteiger partial charge < -0.3 is 0 Å². The number of hydrogen-bond acceptors (Lipinski definition) is 2. The minimum Gasteiger partial charge on any atom is -0.292 e. The van der Waals surface area contributed by atoms with Crippen LogP contribution in [-0.4, -0.2) is 9.55 Å². The molecule has 3 aromatic heterocycles. The standard InChI is InChI=1S/C43H24N2S/c1-3-15-27-25(13-1)26-14-2-4-16-28(26)39-37(27)29-17-5-6-18-30(29)41-40(39)32-20-8-11-23-35(32)45(41)43-42-38(31-19-7-10-22-34(31)44-43)33-21-9-12-24-36(33)46-42/h1-24H. The van der Waals surface area contributed by atoms with Crippen molar-refractivity contribution in [2.45, 2.75) is 0 Å². The van der Waals surface area contributed by atoms with Gasteiger partial charge in [-0.2, -0.15) is 0 Å². The first-order chi connectivity index (χ1) is 22.9. The maximum Gasteiger partial charge on any atom is 0.156 e. The third-order valence-electron chi connectivity index (χ3n) is 9.92. The van der Waals surface area contributed by atoms with Gasteiger partial charge in [0, 0.05) is 42.4 Å². The fraction of sp³-hybridized carbons (Fsp3) is 0. The second kappa shape index (κ2) is 8.91. The molecule has 0 unspecified atom stereocenters. The minimum atomic E-state index is 0.996. The minimum absolute atomic E-state index is 0.996. The Balaban J connectivity index is 1.48. The maximum atomic E-state index is 5.51. The number of para-hydroxylation sites is 2. The molecule has 0 amide bonds. The molecule has 0 aliphatic rings. The molecular weight excluding hydrogens is 577 g/mol. The quantitative estimate of drug-likeness (QED) is 0.171. The Labute approximate surface area is 267 Å². The molecule has 46 heavy (non-hydrogen) atoms. The van der Waals surface area contributed by atoms with Crippen LogP contribution < -0.4 is 0 Å². The van der Waals surface area contributed by atoms with Crippen LogP contribution in [0.15, 0.2) is 146 Å². The van der Waals surface area contributed by atoms with Crippen LogP contribution in [0, 0.1) is 0 Å².